The predicted octanol–water partition coefficient (Wildman–Crippen LogP) is 3.39. The van der Waals surface area contributed by atoms with Crippen molar-refractivity contribution >= 4 is 15.8 Å². The molecule has 9 heteroatoms. The number of alkyl halides is 2. The van der Waals surface area contributed by atoms with Gasteiger partial charge in [-0.05, 0) is 42.0 Å². The molecule has 0 unspecified atom stereocenters. The fraction of sp³-hybridized carbons (Fsp3) is 0.250. The summed E-state index contributed by atoms with van der Waals surface area (Å²) in [4.78, 5) is 12.8. The monoisotopic (exact) mass is 423 g/mol. The fourth-order valence-electron chi connectivity index (χ4n) is 2.77. The SMILES string of the molecule is CS(=O)(=O)c1ccc(Oc2ccc(CN(CC(F)F)C3=CC(=O)OC3)cc2)cc1. The number of rotatable bonds is 8. The lowest BCUT2D eigenvalue weighted by Crippen LogP contribution is -2.28. The van der Waals surface area contributed by atoms with E-state index in [1.807, 2.05) is 0 Å². The zero-order valence-electron chi connectivity index (χ0n) is 15.5. The number of ether oxygens (including phenoxy) is 2. The van der Waals surface area contributed by atoms with Crippen LogP contribution in [0.15, 0.2) is 65.2 Å². The molecule has 1 aliphatic heterocycles. The van der Waals surface area contributed by atoms with Crippen LogP contribution >= 0.6 is 0 Å². The number of hydrogen-bond acceptors (Lipinski definition) is 6. The van der Waals surface area contributed by atoms with Crippen LogP contribution in [0.3, 0.4) is 0 Å². The minimum atomic E-state index is -3.28. The maximum atomic E-state index is 12.9. The Bertz CT molecular complexity index is 1000. The summed E-state index contributed by atoms with van der Waals surface area (Å²) in [5, 5.41) is 0. The number of benzene rings is 2. The Morgan fingerprint density at radius 2 is 1.66 bits per heavy atom. The van der Waals surface area contributed by atoms with Crippen LogP contribution in [0.25, 0.3) is 0 Å². The maximum Gasteiger partial charge on any atom is 0.333 e. The first-order valence-corrected chi connectivity index (χ1v) is 10.6. The standard InChI is InChI=1S/C20H19F2NO5S/c1-29(25,26)18-8-6-17(7-9-18)28-16-4-2-14(3-5-16)11-23(12-19(21)22)15-10-20(24)27-13-15/h2-10,19H,11-13H2,1H3. The molecule has 0 saturated carbocycles. The summed E-state index contributed by atoms with van der Waals surface area (Å²) in [6.45, 7) is -0.334. The number of esters is 1. The Hall–Kier alpha value is -2.94. The van der Waals surface area contributed by atoms with Crippen LogP contribution in [0.4, 0.5) is 8.78 Å². The molecule has 0 bridgehead atoms. The van der Waals surface area contributed by atoms with Gasteiger partial charge in [0.1, 0.15) is 18.1 Å². The second-order valence-corrected chi connectivity index (χ2v) is 8.52. The van der Waals surface area contributed by atoms with Gasteiger partial charge in [0.2, 0.25) is 0 Å². The van der Waals surface area contributed by atoms with Gasteiger partial charge in [-0.15, -0.1) is 0 Å². The van der Waals surface area contributed by atoms with Crippen LogP contribution in [0, 0.1) is 0 Å². The number of carbonyl (C=O) groups excluding carboxylic acids is 1. The number of sulfone groups is 1. The smallest absolute Gasteiger partial charge is 0.333 e. The summed E-state index contributed by atoms with van der Waals surface area (Å²) in [5.74, 6) is 0.445. The highest BCUT2D eigenvalue weighted by atomic mass is 32.2. The Kier molecular flexibility index (Phi) is 6.17. The van der Waals surface area contributed by atoms with E-state index in [1.54, 1.807) is 36.4 Å². The van der Waals surface area contributed by atoms with E-state index in [9.17, 15) is 22.0 Å². The van der Waals surface area contributed by atoms with Crippen LogP contribution in [-0.4, -0.2) is 45.1 Å². The topological polar surface area (TPSA) is 72.9 Å². The van der Waals surface area contributed by atoms with E-state index in [4.69, 9.17) is 9.47 Å². The summed E-state index contributed by atoms with van der Waals surface area (Å²) < 4.78 is 59.2. The zero-order valence-corrected chi connectivity index (χ0v) is 16.4. The number of carbonyl (C=O) groups is 1. The van der Waals surface area contributed by atoms with Crippen LogP contribution in [0.1, 0.15) is 5.56 Å². The summed E-state index contributed by atoms with van der Waals surface area (Å²) in [6.07, 6.45) is -0.202. The molecule has 29 heavy (non-hydrogen) atoms. The zero-order chi connectivity index (χ0) is 21.0. The van der Waals surface area contributed by atoms with Crippen molar-refractivity contribution in [1.82, 2.24) is 4.90 Å². The average Bonchev–Trinajstić information content (AvgIpc) is 3.08. The van der Waals surface area contributed by atoms with Crippen molar-refractivity contribution in [3.05, 3.63) is 65.9 Å². The molecule has 0 radical (unpaired) electrons. The second-order valence-electron chi connectivity index (χ2n) is 6.50. The van der Waals surface area contributed by atoms with Crippen molar-refractivity contribution in [2.24, 2.45) is 0 Å². The third-order valence-electron chi connectivity index (χ3n) is 4.20. The molecule has 0 fully saturated rings. The van der Waals surface area contributed by atoms with Crippen LogP contribution in [0.5, 0.6) is 11.5 Å². The lowest BCUT2D eigenvalue weighted by molar-refractivity contribution is -0.135. The van der Waals surface area contributed by atoms with E-state index in [1.165, 1.54) is 23.1 Å². The number of cyclic esters (lactones) is 1. The second kappa shape index (κ2) is 8.60. The van der Waals surface area contributed by atoms with Crippen molar-refractivity contribution in [2.45, 2.75) is 17.9 Å². The Morgan fingerprint density at radius 3 is 2.14 bits per heavy atom. The highest BCUT2D eigenvalue weighted by molar-refractivity contribution is 7.90. The molecule has 0 atom stereocenters. The van der Waals surface area contributed by atoms with Gasteiger partial charge in [-0.25, -0.2) is 22.0 Å². The normalized spacial score (nSPS) is 13.9. The lowest BCUT2D eigenvalue weighted by Gasteiger charge is -2.24. The molecule has 0 amide bonds. The van der Waals surface area contributed by atoms with Gasteiger partial charge in [0.05, 0.1) is 17.1 Å². The molecule has 154 valence electrons. The molecule has 1 aliphatic rings. The number of hydrogen-bond donors (Lipinski definition) is 0. The van der Waals surface area contributed by atoms with Gasteiger partial charge in [0.15, 0.2) is 9.84 Å². The molecule has 2 aromatic carbocycles. The predicted molar refractivity (Wildman–Crippen MR) is 102 cm³/mol. The molecule has 0 N–H and O–H groups in total. The summed E-state index contributed by atoms with van der Waals surface area (Å²) in [5.41, 5.74) is 1.17. The first kappa shape index (κ1) is 20.8. The minimum Gasteiger partial charge on any atom is -0.457 e. The van der Waals surface area contributed by atoms with Crippen molar-refractivity contribution in [3.63, 3.8) is 0 Å². The minimum absolute atomic E-state index is 0.0176. The summed E-state index contributed by atoms with van der Waals surface area (Å²) in [7, 11) is -3.28. The molecule has 1 heterocycles. The highest BCUT2D eigenvalue weighted by Gasteiger charge is 2.22. The van der Waals surface area contributed by atoms with Gasteiger partial charge >= 0.3 is 5.97 Å². The van der Waals surface area contributed by atoms with E-state index < -0.39 is 28.8 Å². The van der Waals surface area contributed by atoms with E-state index in [-0.39, 0.29) is 18.0 Å². The van der Waals surface area contributed by atoms with Gasteiger partial charge in [-0.2, -0.15) is 0 Å². The van der Waals surface area contributed by atoms with Gasteiger partial charge < -0.3 is 14.4 Å². The van der Waals surface area contributed by atoms with E-state index in [0.717, 1.165) is 11.8 Å². The average molecular weight is 423 g/mol. The largest absolute Gasteiger partial charge is 0.457 e. The van der Waals surface area contributed by atoms with Crippen LogP contribution in [0.2, 0.25) is 0 Å². The highest BCUT2D eigenvalue weighted by Crippen LogP contribution is 2.24. The molecule has 2 aromatic rings. The first-order chi connectivity index (χ1) is 13.7. The molecule has 3 rings (SSSR count). The third kappa shape index (κ3) is 5.77. The number of nitrogens with zero attached hydrogens (tertiary/aromatic N) is 1. The molecule has 6 nitrogen and oxygen atoms in total. The van der Waals surface area contributed by atoms with E-state index in [2.05, 4.69) is 0 Å². The first-order valence-electron chi connectivity index (χ1n) is 8.68. The lowest BCUT2D eigenvalue weighted by atomic mass is 10.2. The molecule has 0 spiro atoms. The third-order valence-corrected chi connectivity index (χ3v) is 5.32. The Labute approximate surface area is 167 Å². The van der Waals surface area contributed by atoms with Gasteiger partial charge in [0, 0.05) is 18.9 Å². The molecule has 0 aromatic heterocycles. The quantitative estimate of drug-likeness (QED) is 0.606. The van der Waals surface area contributed by atoms with Gasteiger partial charge in [-0.1, -0.05) is 12.1 Å². The molecule has 0 saturated heterocycles. The van der Waals surface area contributed by atoms with Crippen molar-refractivity contribution < 1.29 is 31.5 Å². The summed E-state index contributed by atoms with van der Waals surface area (Å²) >= 11 is 0. The van der Waals surface area contributed by atoms with E-state index >= 15 is 0 Å². The summed E-state index contributed by atoms with van der Waals surface area (Å²) in [6, 6.07) is 12.9. The molecular weight excluding hydrogens is 404 g/mol. The van der Waals surface area contributed by atoms with Crippen molar-refractivity contribution in [1.29, 1.82) is 0 Å². The Balaban J connectivity index is 1.67. The van der Waals surface area contributed by atoms with Crippen molar-refractivity contribution in [2.75, 3.05) is 19.4 Å². The maximum absolute atomic E-state index is 12.9. The van der Waals surface area contributed by atoms with E-state index in [0.29, 0.717) is 17.2 Å². The number of halogens is 2. The molecular formula is C20H19F2NO5S. The van der Waals surface area contributed by atoms with Crippen LogP contribution < -0.4 is 4.74 Å². The van der Waals surface area contributed by atoms with Crippen molar-refractivity contribution in [3.8, 4) is 11.5 Å². The Morgan fingerprint density at radius 1 is 1.07 bits per heavy atom. The fourth-order valence-corrected chi connectivity index (χ4v) is 3.40. The van der Waals surface area contributed by atoms with Crippen LogP contribution in [-0.2, 0) is 25.9 Å². The van der Waals surface area contributed by atoms with Gasteiger partial charge in [-0.3, -0.25) is 0 Å². The molecule has 0 aliphatic carbocycles. The van der Waals surface area contributed by atoms with Gasteiger partial charge in [0.25, 0.3) is 6.43 Å².